The zero-order chi connectivity index (χ0) is 11.7. The summed E-state index contributed by atoms with van der Waals surface area (Å²) < 4.78 is 0. The summed E-state index contributed by atoms with van der Waals surface area (Å²) in [5.74, 6) is 0.192. The van der Waals surface area contributed by atoms with E-state index in [1.54, 1.807) is 17.0 Å². The molecule has 1 saturated heterocycles. The Kier molecular flexibility index (Phi) is 2.83. The highest BCUT2D eigenvalue weighted by atomic mass is 16.3. The first kappa shape index (κ1) is 11.0. The van der Waals surface area contributed by atoms with Crippen LogP contribution >= 0.6 is 0 Å². The zero-order valence-corrected chi connectivity index (χ0v) is 9.31. The lowest BCUT2D eigenvalue weighted by molar-refractivity contribution is 0.0790. The highest BCUT2D eigenvalue weighted by Crippen LogP contribution is 2.19. The molecule has 0 saturated carbocycles. The molecule has 1 amide bonds. The number of rotatable bonds is 1. The molecule has 1 aliphatic rings. The molecule has 1 fully saturated rings. The van der Waals surface area contributed by atoms with Gasteiger partial charge in [0.1, 0.15) is 5.75 Å². The van der Waals surface area contributed by atoms with Crippen molar-refractivity contribution in [3.8, 4) is 5.75 Å². The second-order valence-corrected chi connectivity index (χ2v) is 4.30. The van der Waals surface area contributed by atoms with Crippen molar-refractivity contribution in [1.29, 1.82) is 0 Å². The van der Waals surface area contributed by atoms with Crippen LogP contribution in [0.25, 0.3) is 0 Å². The standard InChI is InChI=1S/C12H16N2O2/c1-8-6-10(15)2-3-11(8)12(16)14-5-4-9(13)7-14/h2-3,6,9,15H,4-5,7,13H2,1H3/t9-/m1/s1. The fraction of sp³-hybridized carbons (Fsp3) is 0.417. The topological polar surface area (TPSA) is 66.6 Å². The molecule has 1 aliphatic heterocycles. The number of aromatic hydroxyl groups is 1. The van der Waals surface area contributed by atoms with Gasteiger partial charge >= 0.3 is 0 Å². The molecule has 0 spiro atoms. The van der Waals surface area contributed by atoms with Crippen molar-refractivity contribution in [2.45, 2.75) is 19.4 Å². The second kappa shape index (κ2) is 4.14. The third-order valence-electron chi connectivity index (χ3n) is 2.95. The number of carbonyl (C=O) groups is 1. The van der Waals surface area contributed by atoms with Crippen LogP contribution in [0.4, 0.5) is 0 Å². The first-order valence-electron chi connectivity index (χ1n) is 5.42. The fourth-order valence-corrected chi connectivity index (χ4v) is 2.03. The summed E-state index contributed by atoms with van der Waals surface area (Å²) in [7, 11) is 0. The third-order valence-corrected chi connectivity index (χ3v) is 2.95. The first-order valence-corrected chi connectivity index (χ1v) is 5.42. The van der Waals surface area contributed by atoms with Crippen molar-refractivity contribution >= 4 is 5.91 Å². The molecule has 0 unspecified atom stereocenters. The molecule has 0 bridgehead atoms. The molecule has 1 heterocycles. The van der Waals surface area contributed by atoms with Gasteiger partial charge in [0, 0.05) is 24.7 Å². The Morgan fingerprint density at radius 1 is 1.56 bits per heavy atom. The van der Waals surface area contributed by atoms with Gasteiger partial charge in [0.05, 0.1) is 0 Å². The highest BCUT2D eigenvalue weighted by molar-refractivity contribution is 5.96. The molecule has 0 radical (unpaired) electrons. The Morgan fingerprint density at radius 3 is 2.88 bits per heavy atom. The van der Waals surface area contributed by atoms with Crippen LogP contribution in [0.1, 0.15) is 22.3 Å². The van der Waals surface area contributed by atoms with E-state index in [-0.39, 0.29) is 17.7 Å². The third kappa shape index (κ3) is 2.02. The quantitative estimate of drug-likeness (QED) is 0.738. The molecule has 4 heteroatoms. The number of phenolic OH excluding ortho intramolecular Hbond substituents is 1. The van der Waals surface area contributed by atoms with E-state index >= 15 is 0 Å². The molecule has 2 rings (SSSR count). The molecule has 0 aliphatic carbocycles. The predicted octanol–water partition coefficient (Wildman–Crippen LogP) is 0.874. The van der Waals surface area contributed by atoms with Crippen LogP contribution in [0.3, 0.4) is 0 Å². The maximum Gasteiger partial charge on any atom is 0.254 e. The van der Waals surface area contributed by atoms with E-state index in [2.05, 4.69) is 0 Å². The molecule has 0 aromatic heterocycles. The molecular formula is C12H16N2O2. The lowest BCUT2D eigenvalue weighted by Gasteiger charge is -2.17. The normalized spacial score (nSPS) is 20.1. The van der Waals surface area contributed by atoms with Gasteiger partial charge in [-0.15, -0.1) is 0 Å². The Morgan fingerprint density at radius 2 is 2.31 bits per heavy atom. The van der Waals surface area contributed by atoms with Crippen LogP contribution in [-0.4, -0.2) is 35.0 Å². The van der Waals surface area contributed by atoms with Crippen LogP contribution in [-0.2, 0) is 0 Å². The van der Waals surface area contributed by atoms with Crippen LogP contribution in [0, 0.1) is 6.92 Å². The summed E-state index contributed by atoms with van der Waals surface area (Å²) in [6.07, 6.45) is 0.864. The molecule has 4 nitrogen and oxygen atoms in total. The average molecular weight is 220 g/mol. The van der Waals surface area contributed by atoms with E-state index in [1.165, 1.54) is 6.07 Å². The Balaban J connectivity index is 2.21. The number of phenols is 1. The van der Waals surface area contributed by atoms with E-state index in [9.17, 15) is 9.90 Å². The summed E-state index contributed by atoms with van der Waals surface area (Å²) in [5, 5.41) is 9.28. The molecule has 1 atom stereocenters. The lowest BCUT2D eigenvalue weighted by Crippen LogP contribution is -2.32. The summed E-state index contributed by atoms with van der Waals surface area (Å²) in [6.45, 7) is 3.17. The number of aryl methyl sites for hydroxylation is 1. The molecule has 86 valence electrons. The van der Waals surface area contributed by atoms with Crippen molar-refractivity contribution in [3.05, 3.63) is 29.3 Å². The predicted molar refractivity (Wildman–Crippen MR) is 61.3 cm³/mol. The van der Waals surface area contributed by atoms with Crippen molar-refractivity contribution in [3.63, 3.8) is 0 Å². The van der Waals surface area contributed by atoms with Crippen molar-refractivity contribution in [1.82, 2.24) is 4.90 Å². The Hall–Kier alpha value is -1.55. The number of nitrogens with zero attached hydrogens (tertiary/aromatic N) is 1. The maximum absolute atomic E-state index is 12.1. The van der Waals surface area contributed by atoms with Crippen molar-refractivity contribution < 1.29 is 9.90 Å². The van der Waals surface area contributed by atoms with Gasteiger partial charge in [-0.2, -0.15) is 0 Å². The minimum atomic E-state index is 0.00505. The van der Waals surface area contributed by atoms with Gasteiger partial charge in [0.15, 0.2) is 0 Å². The second-order valence-electron chi connectivity index (χ2n) is 4.30. The average Bonchev–Trinajstić information content (AvgIpc) is 2.64. The monoisotopic (exact) mass is 220 g/mol. The van der Waals surface area contributed by atoms with Gasteiger partial charge in [0.25, 0.3) is 5.91 Å². The van der Waals surface area contributed by atoms with Crippen molar-refractivity contribution in [2.75, 3.05) is 13.1 Å². The molecular weight excluding hydrogens is 204 g/mol. The number of nitrogens with two attached hydrogens (primary N) is 1. The number of benzene rings is 1. The SMILES string of the molecule is Cc1cc(O)ccc1C(=O)N1CC[C@@H](N)C1. The van der Waals surface area contributed by atoms with Crippen LogP contribution < -0.4 is 5.73 Å². The first-order chi connectivity index (χ1) is 7.58. The number of carbonyl (C=O) groups excluding carboxylic acids is 1. The highest BCUT2D eigenvalue weighted by Gasteiger charge is 2.25. The zero-order valence-electron chi connectivity index (χ0n) is 9.31. The van der Waals surface area contributed by atoms with E-state index in [0.717, 1.165) is 18.5 Å². The van der Waals surface area contributed by atoms with E-state index in [1.807, 2.05) is 6.92 Å². The van der Waals surface area contributed by atoms with Gasteiger partial charge in [-0.1, -0.05) is 0 Å². The summed E-state index contributed by atoms with van der Waals surface area (Å²) in [4.78, 5) is 13.9. The van der Waals surface area contributed by atoms with Gasteiger partial charge < -0.3 is 15.7 Å². The van der Waals surface area contributed by atoms with Crippen LogP contribution in [0.15, 0.2) is 18.2 Å². The summed E-state index contributed by atoms with van der Waals surface area (Å²) in [5.41, 5.74) is 7.21. The van der Waals surface area contributed by atoms with Crippen LogP contribution in [0.5, 0.6) is 5.75 Å². The fourth-order valence-electron chi connectivity index (χ4n) is 2.03. The molecule has 3 N–H and O–H groups in total. The number of hydrogen-bond acceptors (Lipinski definition) is 3. The Bertz CT molecular complexity index is 417. The van der Waals surface area contributed by atoms with Gasteiger partial charge in [0.2, 0.25) is 0 Å². The minimum Gasteiger partial charge on any atom is -0.508 e. The number of amides is 1. The number of hydrogen-bond donors (Lipinski definition) is 2. The minimum absolute atomic E-state index is 0.00505. The maximum atomic E-state index is 12.1. The number of likely N-dealkylation sites (tertiary alicyclic amines) is 1. The lowest BCUT2D eigenvalue weighted by atomic mass is 10.1. The van der Waals surface area contributed by atoms with Gasteiger partial charge in [-0.05, 0) is 37.1 Å². The molecule has 16 heavy (non-hydrogen) atoms. The van der Waals surface area contributed by atoms with Crippen molar-refractivity contribution in [2.24, 2.45) is 5.73 Å². The smallest absolute Gasteiger partial charge is 0.254 e. The summed E-state index contributed by atoms with van der Waals surface area (Å²) in [6, 6.07) is 4.90. The largest absolute Gasteiger partial charge is 0.508 e. The van der Waals surface area contributed by atoms with Gasteiger partial charge in [-0.3, -0.25) is 4.79 Å². The summed E-state index contributed by atoms with van der Waals surface area (Å²) >= 11 is 0. The van der Waals surface area contributed by atoms with Gasteiger partial charge in [-0.25, -0.2) is 0 Å². The van der Waals surface area contributed by atoms with E-state index < -0.39 is 0 Å². The molecule has 1 aromatic rings. The van der Waals surface area contributed by atoms with E-state index in [4.69, 9.17) is 5.73 Å². The van der Waals surface area contributed by atoms with E-state index in [0.29, 0.717) is 12.1 Å². The Labute approximate surface area is 94.7 Å². The van der Waals surface area contributed by atoms with Crippen LogP contribution in [0.2, 0.25) is 0 Å². The molecule has 1 aromatic carbocycles.